The summed E-state index contributed by atoms with van der Waals surface area (Å²) in [6.45, 7) is 10.2. The number of aliphatic hydroxyl groups excluding tert-OH is 2. The fraction of sp³-hybridized carbons (Fsp3) is 0.881. The maximum Gasteiger partial charge on any atom is 0.309 e. The maximum absolute atomic E-state index is 13.7. The highest BCUT2D eigenvalue weighted by Crippen LogP contribution is 2.57. The van der Waals surface area contributed by atoms with Crippen LogP contribution in [0.4, 0.5) is 0 Å². The molecule has 0 radical (unpaired) electrons. The van der Waals surface area contributed by atoms with Crippen molar-refractivity contribution in [2.24, 2.45) is 23.2 Å². The van der Waals surface area contributed by atoms with Gasteiger partial charge in [-0.1, -0.05) is 18.6 Å². The van der Waals surface area contributed by atoms with Crippen LogP contribution in [0.1, 0.15) is 86.0 Å². The van der Waals surface area contributed by atoms with Gasteiger partial charge in [0.05, 0.1) is 61.3 Å². The summed E-state index contributed by atoms with van der Waals surface area (Å²) < 4.78 is 73.4. The molecule has 6 heterocycles. The van der Waals surface area contributed by atoms with Crippen molar-refractivity contribution in [3.05, 3.63) is 23.5 Å². The monoisotopic (exact) mass is 808 g/mol. The Morgan fingerprint density at radius 2 is 1.51 bits per heavy atom. The molecule has 8 aliphatic rings. The van der Waals surface area contributed by atoms with E-state index in [4.69, 9.17) is 56.8 Å². The number of methoxy groups -OCH3 is 3. The molecule has 0 bridgehead atoms. The second-order valence-electron chi connectivity index (χ2n) is 17.9. The molecule has 8 rings (SSSR count). The van der Waals surface area contributed by atoms with Crippen molar-refractivity contribution in [3.63, 3.8) is 0 Å². The Hall–Kier alpha value is -1.73. The zero-order chi connectivity index (χ0) is 40.4. The third-order valence-corrected chi connectivity index (χ3v) is 14.6. The molecule has 2 N–H and O–H groups in total. The number of ether oxygens (including phenoxy) is 12. The zero-order valence-electron chi connectivity index (χ0n) is 34.6. The lowest BCUT2D eigenvalue weighted by Gasteiger charge is -2.51. The summed E-state index contributed by atoms with van der Waals surface area (Å²) >= 11 is 0. The molecule has 6 fully saturated rings. The average Bonchev–Trinajstić information content (AvgIpc) is 3.70. The number of carbonyl (C=O) groups is 1. The fourth-order valence-corrected chi connectivity index (χ4v) is 11.3. The Morgan fingerprint density at radius 1 is 0.807 bits per heavy atom. The molecule has 0 aromatic rings. The van der Waals surface area contributed by atoms with Crippen LogP contribution < -0.4 is 0 Å². The first-order valence-corrected chi connectivity index (χ1v) is 21.0. The number of rotatable bonds is 9. The highest BCUT2D eigenvalue weighted by atomic mass is 16.8. The van der Waals surface area contributed by atoms with Gasteiger partial charge in [0.1, 0.15) is 36.6 Å². The van der Waals surface area contributed by atoms with E-state index in [1.54, 1.807) is 28.3 Å². The summed E-state index contributed by atoms with van der Waals surface area (Å²) in [6, 6.07) is 0. The van der Waals surface area contributed by atoms with Crippen LogP contribution in [0.5, 0.6) is 0 Å². The number of hydrogen-bond acceptors (Lipinski definition) is 15. The van der Waals surface area contributed by atoms with Crippen molar-refractivity contribution in [3.8, 4) is 0 Å². The SMILES string of the molecule is CO[C@@H]1[C@@H](O)[C@H](O[C@H]2CC[C@@]3(C)C(=CC[C@H]4C(=O)O[C@@H]5CO[C@]6(C)OC=C(CC[C@@H]43)[C@H]56)C2)O[C@H](C)[C@H]1O[C@H]1C[C@H](OC)[C@H](O[C@H]2C[C@H](OC)[C@H](O)[C@@H](C)O2)[C@@H](C)O1. The molecular weight excluding hydrogens is 744 g/mol. The highest BCUT2D eigenvalue weighted by molar-refractivity contribution is 5.74. The van der Waals surface area contributed by atoms with E-state index in [9.17, 15) is 15.0 Å². The van der Waals surface area contributed by atoms with Gasteiger partial charge in [0, 0.05) is 41.1 Å². The lowest BCUT2D eigenvalue weighted by molar-refractivity contribution is -0.353. The topological polar surface area (TPSA) is 168 Å². The van der Waals surface area contributed by atoms with Gasteiger partial charge < -0.3 is 67.1 Å². The lowest BCUT2D eigenvalue weighted by atomic mass is 9.55. The van der Waals surface area contributed by atoms with Gasteiger partial charge in [-0.25, -0.2) is 0 Å². The van der Waals surface area contributed by atoms with Crippen LogP contribution in [0.3, 0.4) is 0 Å². The zero-order valence-corrected chi connectivity index (χ0v) is 34.6. The Kier molecular flexibility index (Phi) is 12.2. The Balaban J connectivity index is 0.877. The maximum atomic E-state index is 13.7. The number of fused-ring (bicyclic) bond motifs is 3. The van der Waals surface area contributed by atoms with Crippen molar-refractivity contribution in [2.75, 3.05) is 27.9 Å². The first-order chi connectivity index (χ1) is 27.3. The van der Waals surface area contributed by atoms with Crippen molar-refractivity contribution < 1.29 is 71.8 Å². The molecule has 0 unspecified atom stereocenters. The molecule has 0 spiro atoms. The van der Waals surface area contributed by atoms with Crippen molar-refractivity contribution >= 4 is 5.97 Å². The molecule has 57 heavy (non-hydrogen) atoms. The molecule has 20 atom stereocenters. The summed E-state index contributed by atoms with van der Waals surface area (Å²) in [5, 5.41) is 22.0. The minimum atomic E-state index is -1.13. The van der Waals surface area contributed by atoms with Crippen LogP contribution in [-0.4, -0.2) is 142 Å². The van der Waals surface area contributed by atoms with Crippen molar-refractivity contribution in [2.45, 2.75) is 184 Å². The molecule has 5 saturated heterocycles. The van der Waals surface area contributed by atoms with Crippen LogP contribution in [-0.2, 0) is 61.6 Å². The van der Waals surface area contributed by atoms with E-state index >= 15 is 0 Å². The van der Waals surface area contributed by atoms with E-state index in [1.807, 2.05) is 27.0 Å². The van der Waals surface area contributed by atoms with E-state index in [0.717, 1.165) is 25.7 Å². The summed E-state index contributed by atoms with van der Waals surface area (Å²) in [4.78, 5) is 13.7. The third-order valence-electron chi connectivity index (χ3n) is 14.6. The molecule has 0 aromatic heterocycles. The summed E-state index contributed by atoms with van der Waals surface area (Å²) in [6.07, 6.45) is 0.723. The van der Waals surface area contributed by atoms with Crippen LogP contribution in [0, 0.1) is 23.2 Å². The van der Waals surface area contributed by atoms with Crippen molar-refractivity contribution in [1.29, 1.82) is 0 Å². The minimum absolute atomic E-state index is 0.0721. The molecule has 0 aromatic carbocycles. The summed E-state index contributed by atoms with van der Waals surface area (Å²) in [7, 11) is 4.74. The summed E-state index contributed by atoms with van der Waals surface area (Å²) in [5.41, 5.74) is 2.27. The minimum Gasteiger partial charge on any atom is -0.469 e. The van der Waals surface area contributed by atoms with E-state index in [1.165, 1.54) is 11.1 Å². The van der Waals surface area contributed by atoms with E-state index < -0.39 is 79.6 Å². The van der Waals surface area contributed by atoms with Gasteiger partial charge in [-0.3, -0.25) is 4.79 Å². The molecule has 1 saturated carbocycles. The smallest absolute Gasteiger partial charge is 0.309 e. The van der Waals surface area contributed by atoms with Crippen LogP contribution >= 0.6 is 0 Å². The number of hydrogen-bond donors (Lipinski definition) is 2. The Morgan fingerprint density at radius 3 is 2.25 bits per heavy atom. The standard InChI is InChI=1S/C42H64O15/c1-20-34(43)28(46-6)16-31(51-20)56-36-21(2)52-32(17-29(36)47-7)57-37-22(3)53-40(35(44)38(37)48-8)54-25-13-14-41(4)24(15-25)10-11-26-27(41)12-9-23-18-49-42(5)33(23)30(19-50-42)55-39(26)45/h10,18,20-22,25-38,40,43-44H,9,11-17,19H2,1-8H3/t20-,21-,22-,25+,26-,27+,28+,29+,30-,31+,32+,33-,34-,35-,36-,37-,38-,40+,41+,42+/m1/s1. The largest absolute Gasteiger partial charge is 0.469 e. The predicted octanol–water partition coefficient (Wildman–Crippen LogP) is 3.66. The lowest BCUT2D eigenvalue weighted by Crippen LogP contribution is -2.61. The summed E-state index contributed by atoms with van der Waals surface area (Å²) in [5.74, 6) is -1.07. The van der Waals surface area contributed by atoms with Crippen LogP contribution in [0.15, 0.2) is 23.5 Å². The Labute approximate surface area is 335 Å². The quantitative estimate of drug-likeness (QED) is 0.256. The molecule has 2 aliphatic carbocycles. The fourth-order valence-electron chi connectivity index (χ4n) is 11.3. The van der Waals surface area contributed by atoms with E-state index in [0.29, 0.717) is 32.3 Å². The second kappa shape index (κ2) is 16.6. The van der Waals surface area contributed by atoms with Gasteiger partial charge in [-0.05, 0) is 76.2 Å². The van der Waals surface area contributed by atoms with Gasteiger partial charge in [0.2, 0.25) is 5.79 Å². The average molecular weight is 809 g/mol. The number of esters is 1. The first kappa shape index (κ1) is 42.0. The molecule has 15 nitrogen and oxygen atoms in total. The normalized spacial score (nSPS) is 51.2. The van der Waals surface area contributed by atoms with Gasteiger partial charge in [-0.2, -0.15) is 0 Å². The highest BCUT2D eigenvalue weighted by Gasteiger charge is 2.58. The first-order valence-electron chi connectivity index (χ1n) is 21.0. The van der Waals surface area contributed by atoms with Crippen molar-refractivity contribution in [1.82, 2.24) is 0 Å². The number of allylic oxidation sites excluding steroid dienone is 1. The molecule has 15 heteroatoms. The molecule has 322 valence electrons. The Bertz CT molecular complexity index is 1510. The molecule has 6 aliphatic heterocycles. The van der Waals surface area contributed by atoms with Crippen LogP contribution in [0.25, 0.3) is 0 Å². The number of aliphatic hydroxyl groups is 2. The second-order valence-corrected chi connectivity index (χ2v) is 17.9. The van der Waals surface area contributed by atoms with E-state index in [-0.39, 0.29) is 47.4 Å². The van der Waals surface area contributed by atoms with E-state index in [2.05, 4.69) is 13.0 Å². The molecule has 0 amide bonds. The van der Waals surface area contributed by atoms with Crippen LogP contribution in [0.2, 0.25) is 0 Å². The van der Waals surface area contributed by atoms with Gasteiger partial charge in [0.25, 0.3) is 0 Å². The van der Waals surface area contributed by atoms with Gasteiger partial charge in [-0.15, -0.1) is 0 Å². The predicted molar refractivity (Wildman–Crippen MR) is 199 cm³/mol. The number of carbonyl (C=O) groups excluding carboxylic acids is 1. The molecular formula is C42H64O15. The third kappa shape index (κ3) is 7.76. The van der Waals surface area contributed by atoms with Gasteiger partial charge >= 0.3 is 5.97 Å². The van der Waals surface area contributed by atoms with Gasteiger partial charge in [0.15, 0.2) is 18.9 Å².